The summed E-state index contributed by atoms with van der Waals surface area (Å²) in [5.41, 5.74) is 3.68. The molecule has 27 heavy (non-hydrogen) atoms. The number of aromatic amines is 1. The van der Waals surface area contributed by atoms with E-state index in [1.165, 1.54) is 0 Å². The van der Waals surface area contributed by atoms with Crippen LogP contribution in [0.1, 0.15) is 41.8 Å². The fourth-order valence-electron chi connectivity index (χ4n) is 3.09. The van der Waals surface area contributed by atoms with Crippen LogP contribution in [0.25, 0.3) is 16.6 Å². The third-order valence-electron chi connectivity index (χ3n) is 4.46. The number of aromatic nitrogens is 5. The lowest BCUT2D eigenvalue weighted by molar-refractivity contribution is 0.101. The Morgan fingerprint density at radius 1 is 1.19 bits per heavy atom. The summed E-state index contributed by atoms with van der Waals surface area (Å²) < 4.78 is 1.73. The highest BCUT2D eigenvalue weighted by Crippen LogP contribution is 2.23. The van der Waals surface area contributed by atoms with Crippen LogP contribution in [-0.4, -0.2) is 30.9 Å². The zero-order valence-electron chi connectivity index (χ0n) is 15.4. The van der Waals surface area contributed by atoms with E-state index in [2.05, 4.69) is 45.5 Å². The Balaban J connectivity index is 1.63. The molecule has 0 radical (unpaired) electrons. The molecule has 2 heterocycles. The second kappa shape index (κ2) is 6.68. The molecule has 2 N–H and O–H groups in total. The average molecular weight is 360 g/mol. The normalized spacial score (nSPS) is 11.3. The van der Waals surface area contributed by atoms with Crippen molar-refractivity contribution >= 4 is 22.5 Å². The predicted molar refractivity (Wildman–Crippen MR) is 104 cm³/mol. The standard InChI is InChI=1S/C20H20N6O/c1-12(2)16-6-4-5-7-18(16)26-13(3)22-19(25-26)20(27)23-15-8-9-17-14(10-15)11-21-24-17/h4-12H,1-3H3,(H,21,24)(H,23,27). The zero-order chi connectivity index (χ0) is 19.0. The highest BCUT2D eigenvalue weighted by molar-refractivity contribution is 6.02. The maximum atomic E-state index is 12.6. The number of fused-ring (bicyclic) bond motifs is 1. The maximum absolute atomic E-state index is 12.6. The largest absolute Gasteiger partial charge is 0.319 e. The van der Waals surface area contributed by atoms with Crippen molar-refractivity contribution in [2.45, 2.75) is 26.7 Å². The molecule has 2 aromatic heterocycles. The molecule has 0 fully saturated rings. The van der Waals surface area contributed by atoms with Crippen molar-refractivity contribution in [3.8, 4) is 5.69 Å². The summed E-state index contributed by atoms with van der Waals surface area (Å²) >= 11 is 0. The summed E-state index contributed by atoms with van der Waals surface area (Å²) in [5.74, 6) is 0.794. The molecule has 0 saturated heterocycles. The number of carbonyl (C=O) groups is 1. The molecule has 0 aliphatic heterocycles. The smallest absolute Gasteiger partial charge is 0.295 e. The van der Waals surface area contributed by atoms with Crippen LogP contribution in [0, 0.1) is 6.92 Å². The number of para-hydroxylation sites is 1. The minimum atomic E-state index is -0.346. The maximum Gasteiger partial charge on any atom is 0.295 e. The Kier molecular flexibility index (Phi) is 4.19. The van der Waals surface area contributed by atoms with Crippen molar-refractivity contribution in [3.05, 3.63) is 65.9 Å². The van der Waals surface area contributed by atoms with E-state index in [1.54, 1.807) is 10.9 Å². The number of hydrogen-bond donors (Lipinski definition) is 2. The molecular weight excluding hydrogens is 340 g/mol. The lowest BCUT2D eigenvalue weighted by Gasteiger charge is -2.12. The van der Waals surface area contributed by atoms with Gasteiger partial charge in [-0.2, -0.15) is 5.10 Å². The van der Waals surface area contributed by atoms with E-state index in [1.807, 2.05) is 43.3 Å². The van der Waals surface area contributed by atoms with Gasteiger partial charge in [0.1, 0.15) is 5.82 Å². The van der Waals surface area contributed by atoms with Crippen molar-refractivity contribution in [1.29, 1.82) is 0 Å². The van der Waals surface area contributed by atoms with Gasteiger partial charge >= 0.3 is 0 Å². The van der Waals surface area contributed by atoms with Crippen LogP contribution in [0.15, 0.2) is 48.7 Å². The molecular formula is C20H20N6O. The lowest BCUT2D eigenvalue weighted by atomic mass is 10.0. The molecule has 4 aromatic rings. The molecule has 7 nitrogen and oxygen atoms in total. The van der Waals surface area contributed by atoms with Gasteiger partial charge in [-0.05, 0) is 42.7 Å². The minimum Gasteiger partial charge on any atom is -0.319 e. The first-order chi connectivity index (χ1) is 13.0. The molecule has 2 aromatic carbocycles. The topological polar surface area (TPSA) is 88.5 Å². The van der Waals surface area contributed by atoms with Crippen LogP contribution in [0.3, 0.4) is 0 Å². The molecule has 136 valence electrons. The van der Waals surface area contributed by atoms with E-state index in [9.17, 15) is 4.79 Å². The van der Waals surface area contributed by atoms with Gasteiger partial charge in [0.2, 0.25) is 5.82 Å². The zero-order valence-corrected chi connectivity index (χ0v) is 15.4. The van der Waals surface area contributed by atoms with Gasteiger partial charge in [-0.25, -0.2) is 9.67 Å². The van der Waals surface area contributed by atoms with E-state index in [0.717, 1.165) is 22.2 Å². The number of rotatable bonds is 4. The van der Waals surface area contributed by atoms with Crippen LogP contribution in [0.5, 0.6) is 0 Å². The molecule has 0 spiro atoms. The van der Waals surface area contributed by atoms with E-state index < -0.39 is 0 Å². The van der Waals surface area contributed by atoms with Gasteiger partial charge < -0.3 is 5.32 Å². The van der Waals surface area contributed by atoms with Gasteiger partial charge in [0.25, 0.3) is 5.91 Å². The summed E-state index contributed by atoms with van der Waals surface area (Å²) in [4.78, 5) is 17.0. The Labute approximate surface area is 156 Å². The number of nitrogens with zero attached hydrogens (tertiary/aromatic N) is 4. The van der Waals surface area contributed by atoms with Gasteiger partial charge in [0.15, 0.2) is 0 Å². The fourth-order valence-corrected chi connectivity index (χ4v) is 3.09. The molecule has 0 unspecified atom stereocenters. The number of anilines is 1. The third-order valence-corrected chi connectivity index (χ3v) is 4.46. The van der Waals surface area contributed by atoms with E-state index in [-0.39, 0.29) is 11.7 Å². The van der Waals surface area contributed by atoms with Crippen molar-refractivity contribution in [2.75, 3.05) is 5.32 Å². The van der Waals surface area contributed by atoms with Crippen molar-refractivity contribution < 1.29 is 4.79 Å². The van der Waals surface area contributed by atoms with Crippen molar-refractivity contribution in [2.24, 2.45) is 0 Å². The number of H-pyrrole nitrogens is 1. The van der Waals surface area contributed by atoms with Crippen molar-refractivity contribution in [1.82, 2.24) is 25.0 Å². The Hall–Kier alpha value is -3.48. The summed E-state index contributed by atoms with van der Waals surface area (Å²) in [6.45, 7) is 6.11. The van der Waals surface area contributed by atoms with Gasteiger partial charge in [0, 0.05) is 11.1 Å². The average Bonchev–Trinajstić information content (AvgIpc) is 3.27. The third kappa shape index (κ3) is 3.19. The number of amides is 1. The monoisotopic (exact) mass is 360 g/mol. The quantitative estimate of drug-likeness (QED) is 0.579. The van der Waals surface area contributed by atoms with Gasteiger partial charge in [-0.15, -0.1) is 5.10 Å². The fraction of sp³-hybridized carbons (Fsp3) is 0.200. The van der Waals surface area contributed by atoms with Crippen LogP contribution < -0.4 is 5.32 Å². The van der Waals surface area contributed by atoms with E-state index >= 15 is 0 Å². The number of benzene rings is 2. The highest BCUT2D eigenvalue weighted by Gasteiger charge is 2.18. The van der Waals surface area contributed by atoms with Crippen LogP contribution in [-0.2, 0) is 0 Å². The number of aryl methyl sites for hydroxylation is 1. The number of carbonyl (C=O) groups excluding carboxylic acids is 1. The first-order valence-electron chi connectivity index (χ1n) is 8.80. The molecule has 0 aliphatic carbocycles. The first kappa shape index (κ1) is 17.0. The molecule has 0 atom stereocenters. The van der Waals surface area contributed by atoms with Crippen LogP contribution in [0.4, 0.5) is 5.69 Å². The molecule has 0 bridgehead atoms. The molecule has 0 saturated carbocycles. The van der Waals surface area contributed by atoms with Gasteiger partial charge in [-0.3, -0.25) is 9.89 Å². The Morgan fingerprint density at radius 3 is 2.81 bits per heavy atom. The van der Waals surface area contributed by atoms with Gasteiger partial charge in [-0.1, -0.05) is 32.0 Å². The van der Waals surface area contributed by atoms with Crippen LogP contribution in [0.2, 0.25) is 0 Å². The second-order valence-electron chi connectivity index (χ2n) is 6.73. The second-order valence-corrected chi connectivity index (χ2v) is 6.73. The Morgan fingerprint density at radius 2 is 2.00 bits per heavy atom. The number of nitrogens with one attached hydrogen (secondary N) is 2. The Bertz CT molecular complexity index is 1120. The molecule has 1 amide bonds. The summed E-state index contributed by atoms with van der Waals surface area (Å²) in [5, 5.41) is 15.1. The summed E-state index contributed by atoms with van der Waals surface area (Å²) in [6.07, 6.45) is 1.71. The summed E-state index contributed by atoms with van der Waals surface area (Å²) in [6, 6.07) is 13.6. The number of hydrogen-bond acceptors (Lipinski definition) is 4. The van der Waals surface area contributed by atoms with E-state index in [4.69, 9.17) is 0 Å². The SMILES string of the molecule is Cc1nc(C(=O)Nc2ccc3[nH]ncc3c2)nn1-c1ccccc1C(C)C. The van der Waals surface area contributed by atoms with E-state index in [0.29, 0.717) is 17.4 Å². The molecule has 4 rings (SSSR count). The van der Waals surface area contributed by atoms with Crippen LogP contribution >= 0.6 is 0 Å². The first-order valence-corrected chi connectivity index (χ1v) is 8.80. The summed E-state index contributed by atoms with van der Waals surface area (Å²) in [7, 11) is 0. The minimum absolute atomic E-state index is 0.137. The van der Waals surface area contributed by atoms with Gasteiger partial charge in [0.05, 0.1) is 17.4 Å². The molecule has 0 aliphatic rings. The molecule has 7 heteroatoms. The predicted octanol–water partition coefficient (Wildman–Crippen LogP) is 3.83. The van der Waals surface area contributed by atoms with Crippen molar-refractivity contribution in [3.63, 3.8) is 0 Å². The highest BCUT2D eigenvalue weighted by atomic mass is 16.2. The lowest BCUT2D eigenvalue weighted by Crippen LogP contribution is -2.14.